The second-order valence-electron chi connectivity index (χ2n) is 9.31. The molecule has 0 aromatic carbocycles. The van der Waals surface area contributed by atoms with Crippen LogP contribution in [0.15, 0.2) is 24.3 Å². The summed E-state index contributed by atoms with van der Waals surface area (Å²) in [5.74, 6) is -0.103. The molecule has 130 valence electrons. The molecule has 0 aliphatic heterocycles. The number of rotatable bonds is 1. The van der Waals surface area contributed by atoms with Crippen LogP contribution in [0.25, 0.3) is 0 Å². The van der Waals surface area contributed by atoms with Crippen LogP contribution in [-0.2, 0) is 0 Å². The zero-order chi connectivity index (χ0) is 17.3. The van der Waals surface area contributed by atoms with E-state index in [1.165, 1.54) is 0 Å². The van der Waals surface area contributed by atoms with Gasteiger partial charge in [0.1, 0.15) is 0 Å². The minimum absolute atomic E-state index is 0.0894. The molecule has 0 unspecified atom stereocenters. The van der Waals surface area contributed by atoms with E-state index < -0.39 is 23.2 Å². The van der Waals surface area contributed by atoms with Crippen molar-refractivity contribution >= 4 is 0 Å². The first kappa shape index (κ1) is 17.2. The van der Waals surface area contributed by atoms with Crippen LogP contribution in [0, 0.1) is 22.2 Å². The summed E-state index contributed by atoms with van der Waals surface area (Å²) < 4.78 is 0. The van der Waals surface area contributed by atoms with Gasteiger partial charge in [-0.1, -0.05) is 39.8 Å². The molecule has 0 saturated heterocycles. The predicted molar refractivity (Wildman–Crippen MR) is 91.8 cm³/mol. The number of allylic oxidation sites excluding steroid dienone is 2. The Kier molecular flexibility index (Phi) is 3.69. The summed E-state index contributed by atoms with van der Waals surface area (Å²) in [4.78, 5) is 0. The summed E-state index contributed by atoms with van der Waals surface area (Å²) in [5.41, 5.74) is -1.07. The van der Waals surface area contributed by atoms with Crippen LogP contribution in [0.2, 0.25) is 0 Å². The first-order valence-corrected chi connectivity index (χ1v) is 8.94. The summed E-state index contributed by atoms with van der Waals surface area (Å²) >= 11 is 0. The van der Waals surface area contributed by atoms with Crippen molar-refractivity contribution in [3.63, 3.8) is 0 Å². The molecule has 3 aliphatic rings. The highest BCUT2D eigenvalue weighted by Crippen LogP contribution is 2.65. The lowest BCUT2D eigenvalue weighted by molar-refractivity contribution is -0.241. The van der Waals surface area contributed by atoms with Crippen LogP contribution in [0.5, 0.6) is 0 Å². The summed E-state index contributed by atoms with van der Waals surface area (Å²) in [5, 5.41) is 33.5. The molecule has 3 rings (SSSR count). The van der Waals surface area contributed by atoms with Crippen molar-refractivity contribution < 1.29 is 15.3 Å². The monoisotopic (exact) mass is 320 g/mol. The molecule has 2 fully saturated rings. The number of fused-ring (bicyclic) bond motifs is 3. The Morgan fingerprint density at radius 2 is 1.78 bits per heavy atom. The first-order chi connectivity index (χ1) is 10.5. The molecule has 3 N–H and O–H groups in total. The normalized spacial score (nSPS) is 52.1. The van der Waals surface area contributed by atoms with Crippen LogP contribution >= 0.6 is 0 Å². The SMILES string of the molecule is C=C[C@]1(C)C=C2C[C@@H](O)[C@H]3C(C)(C)CC[C@H](O)[C@]3(C)[C@@]2(O)CC1. The van der Waals surface area contributed by atoms with E-state index in [0.29, 0.717) is 19.3 Å². The summed E-state index contributed by atoms with van der Waals surface area (Å²) in [6.45, 7) is 12.4. The molecule has 0 aromatic rings. The maximum Gasteiger partial charge on any atom is 0.0940 e. The smallest absolute Gasteiger partial charge is 0.0940 e. The number of hydrogen-bond acceptors (Lipinski definition) is 3. The Balaban J connectivity index is 2.16. The van der Waals surface area contributed by atoms with Gasteiger partial charge < -0.3 is 15.3 Å². The van der Waals surface area contributed by atoms with Gasteiger partial charge in [-0.15, -0.1) is 6.58 Å². The molecule has 0 radical (unpaired) electrons. The van der Waals surface area contributed by atoms with Gasteiger partial charge in [0.15, 0.2) is 0 Å². The zero-order valence-electron chi connectivity index (χ0n) is 15.0. The second-order valence-corrected chi connectivity index (χ2v) is 9.31. The average molecular weight is 320 g/mol. The lowest BCUT2D eigenvalue weighted by atomic mass is 9.42. The Morgan fingerprint density at radius 1 is 1.13 bits per heavy atom. The lowest BCUT2D eigenvalue weighted by Crippen LogP contribution is -2.69. The third-order valence-corrected chi connectivity index (χ3v) is 7.47. The summed E-state index contributed by atoms with van der Waals surface area (Å²) in [7, 11) is 0. The molecule has 0 heterocycles. The molecule has 0 amide bonds. The maximum atomic E-state index is 11.7. The fourth-order valence-electron chi connectivity index (χ4n) is 5.98. The predicted octanol–water partition coefficient (Wildman–Crippen LogP) is 3.20. The van der Waals surface area contributed by atoms with E-state index in [0.717, 1.165) is 18.4 Å². The van der Waals surface area contributed by atoms with E-state index in [-0.39, 0.29) is 16.7 Å². The molecule has 3 heteroatoms. The molecule has 23 heavy (non-hydrogen) atoms. The molecule has 3 nitrogen and oxygen atoms in total. The van der Waals surface area contributed by atoms with Gasteiger partial charge in [0.25, 0.3) is 0 Å². The summed E-state index contributed by atoms with van der Waals surface area (Å²) in [6.07, 6.45) is 6.42. The highest BCUT2D eigenvalue weighted by Gasteiger charge is 2.67. The average Bonchev–Trinajstić information content (AvgIpc) is 2.46. The van der Waals surface area contributed by atoms with Gasteiger partial charge in [0, 0.05) is 16.7 Å². The van der Waals surface area contributed by atoms with Crippen molar-refractivity contribution in [2.24, 2.45) is 22.2 Å². The van der Waals surface area contributed by atoms with E-state index in [1.807, 2.05) is 13.0 Å². The van der Waals surface area contributed by atoms with Gasteiger partial charge >= 0.3 is 0 Å². The minimum Gasteiger partial charge on any atom is -0.392 e. The van der Waals surface area contributed by atoms with E-state index in [4.69, 9.17) is 0 Å². The highest BCUT2D eigenvalue weighted by atomic mass is 16.3. The standard InChI is InChI=1S/C20H32O3/c1-6-18(4)9-10-20(23)13(12-18)11-14(21)16-17(2,3)8-7-15(22)19(16,20)5/h6,12,14-16,21-23H,1,7-11H2,2-5H3/t14-,15+,16+,18+,19+,20-/m1/s1. The molecular formula is C20H32O3. The van der Waals surface area contributed by atoms with Gasteiger partial charge in [-0.2, -0.15) is 0 Å². The number of aliphatic hydroxyl groups excluding tert-OH is 2. The van der Waals surface area contributed by atoms with Crippen molar-refractivity contribution in [1.29, 1.82) is 0 Å². The Labute approximate surface area is 140 Å². The summed E-state index contributed by atoms with van der Waals surface area (Å²) in [6, 6.07) is 0. The van der Waals surface area contributed by atoms with E-state index in [2.05, 4.69) is 33.4 Å². The number of hydrogen-bond donors (Lipinski definition) is 3. The van der Waals surface area contributed by atoms with Crippen LogP contribution in [0.4, 0.5) is 0 Å². The van der Waals surface area contributed by atoms with Crippen molar-refractivity contribution in [3.05, 3.63) is 24.3 Å². The van der Waals surface area contributed by atoms with Crippen molar-refractivity contribution in [2.75, 3.05) is 0 Å². The van der Waals surface area contributed by atoms with Crippen molar-refractivity contribution in [2.45, 2.75) is 77.6 Å². The van der Waals surface area contributed by atoms with Gasteiger partial charge in [-0.05, 0) is 43.1 Å². The second kappa shape index (κ2) is 4.93. The minimum atomic E-state index is -1.03. The molecule has 0 bridgehead atoms. The fraction of sp³-hybridized carbons (Fsp3) is 0.800. The largest absolute Gasteiger partial charge is 0.392 e. The van der Waals surface area contributed by atoms with Crippen LogP contribution in [0.3, 0.4) is 0 Å². The van der Waals surface area contributed by atoms with Crippen molar-refractivity contribution in [3.8, 4) is 0 Å². The third kappa shape index (κ3) is 2.13. The maximum absolute atomic E-state index is 11.7. The highest BCUT2D eigenvalue weighted by molar-refractivity contribution is 5.36. The van der Waals surface area contributed by atoms with E-state index in [9.17, 15) is 15.3 Å². The van der Waals surface area contributed by atoms with Crippen molar-refractivity contribution in [1.82, 2.24) is 0 Å². The van der Waals surface area contributed by atoms with Crippen LogP contribution in [-0.4, -0.2) is 33.1 Å². The number of aliphatic hydroxyl groups is 3. The molecule has 2 saturated carbocycles. The van der Waals surface area contributed by atoms with Crippen LogP contribution < -0.4 is 0 Å². The quantitative estimate of drug-likeness (QED) is 0.650. The Hall–Kier alpha value is -0.640. The van der Waals surface area contributed by atoms with Gasteiger partial charge in [-0.3, -0.25) is 0 Å². The first-order valence-electron chi connectivity index (χ1n) is 8.94. The third-order valence-electron chi connectivity index (χ3n) is 7.47. The van der Waals surface area contributed by atoms with Gasteiger partial charge in [-0.25, -0.2) is 0 Å². The van der Waals surface area contributed by atoms with Crippen LogP contribution in [0.1, 0.15) is 59.8 Å². The van der Waals surface area contributed by atoms with Gasteiger partial charge in [0.2, 0.25) is 0 Å². The Bertz CT molecular complexity index is 551. The molecule has 0 spiro atoms. The fourth-order valence-corrected chi connectivity index (χ4v) is 5.98. The van der Waals surface area contributed by atoms with Gasteiger partial charge in [0.05, 0.1) is 17.8 Å². The zero-order valence-corrected chi connectivity index (χ0v) is 15.0. The molecule has 6 atom stereocenters. The van der Waals surface area contributed by atoms with E-state index in [1.54, 1.807) is 0 Å². The van der Waals surface area contributed by atoms with E-state index >= 15 is 0 Å². The molecule has 0 aromatic heterocycles. The Morgan fingerprint density at radius 3 is 2.39 bits per heavy atom. The molecule has 3 aliphatic carbocycles. The lowest BCUT2D eigenvalue weighted by Gasteiger charge is -2.65. The molecular weight excluding hydrogens is 288 g/mol. The topological polar surface area (TPSA) is 60.7 Å².